The van der Waals surface area contributed by atoms with Crippen molar-refractivity contribution in [1.82, 2.24) is 5.32 Å². The Morgan fingerprint density at radius 2 is 2.20 bits per heavy atom. The third-order valence-corrected chi connectivity index (χ3v) is 2.70. The van der Waals surface area contributed by atoms with Crippen LogP contribution in [-0.2, 0) is 14.3 Å². The van der Waals surface area contributed by atoms with E-state index < -0.39 is 11.2 Å². The predicted molar refractivity (Wildman–Crippen MR) is 48.8 cm³/mol. The fourth-order valence-electron chi connectivity index (χ4n) is 2.10. The minimum atomic E-state index is -0.791. The van der Waals surface area contributed by atoms with Gasteiger partial charge in [-0.25, -0.2) is 0 Å². The van der Waals surface area contributed by atoms with Crippen molar-refractivity contribution in [3.63, 3.8) is 0 Å². The molecule has 15 heavy (non-hydrogen) atoms. The van der Waals surface area contributed by atoms with Crippen LogP contribution in [0.4, 0.5) is 0 Å². The molecule has 86 valence electrons. The monoisotopic (exact) mass is 218 g/mol. The number of likely N-dealkylation sites (N-methyl/N-ethyl adjacent to an activating group) is 1. The molecule has 0 spiro atoms. The van der Waals surface area contributed by atoms with Gasteiger partial charge in [-0.3, -0.25) is 0 Å². The minimum Gasteiger partial charge on any atom is -0.371 e. The summed E-state index contributed by atoms with van der Waals surface area (Å²) in [6, 6.07) is 0.111. The van der Waals surface area contributed by atoms with Gasteiger partial charge < -0.3 is 19.6 Å². The zero-order valence-corrected chi connectivity index (χ0v) is 8.42. The standard InChI is InChI=1S/C8H14N2O5/c1-2-9-5-3-13-8-6(15-10(11)12)4-14-7(5)8/h5-9H,2-4H2,1H3/t5-,6+,7+,8+/m0/s1. The Morgan fingerprint density at radius 1 is 1.47 bits per heavy atom. The summed E-state index contributed by atoms with van der Waals surface area (Å²) in [4.78, 5) is 14.7. The van der Waals surface area contributed by atoms with Gasteiger partial charge in [-0.05, 0) is 6.54 Å². The van der Waals surface area contributed by atoms with Crippen molar-refractivity contribution in [3.8, 4) is 0 Å². The van der Waals surface area contributed by atoms with Crippen LogP contribution >= 0.6 is 0 Å². The second-order valence-electron chi connectivity index (χ2n) is 3.63. The van der Waals surface area contributed by atoms with Crippen LogP contribution in [0, 0.1) is 10.1 Å². The lowest BCUT2D eigenvalue weighted by Crippen LogP contribution is -2.41. The molecule has 1 N–H and O–H groups in total. The van der Waals surface area contributed by atoms with Gasteiger partial charge in [-0.2, -0.15) is 0 Å². The van der Waals surface area contributed by atoms with Crippen molar-refractivity contribution < 1.29 is 19.4 Å². The van der Waals surface area contributed by atoms with Crippen molar-refractivity contribution in [2.75, 3.05) is 19.8 Å². The molecule has 0 saturated carbocycles. The Labute approximate surface area is 86.8 Å². The van der Waals surface area contributed by atoms with E-state index in [1.165, 1.54) is 0 Å². The van der Waals surface area contributed by atoms with Gasteiger partial charge in [-0.1, -0.05) is 6.92 Å². The highest BCUT2D eigenvalue weighted by Gasteiger charge is 2.49. The van der Waals surface area contributed by atoms with Crippen molar-refractivity contribution in [1.29, 1.82) is 0 Å². The number of nitrogens with one attached hydrogen (secondary N) is 1. The molecule has 2 rings (SSSR count). The first-order chi connectivity index (χ1) is 7.22. The molecule has 2 heterocycles. The maximum Gasteiger partial charge on any atom is 0.294 e. The van der Waals surface area contributed by atoms with E-state index in [1.807, 2.05) is 6.92 Å². The van der Waals surface area contributed by atoms with E-state index in [9.17, 15) is 10.1 Å². The van der Waals surface area contributed by atoms with E-state index in [2.05, 4.69) is 10.2 Å². The summed E-state index contributed by atoms with van der Waals surface area (Å²) < 4.78 is 10.9. The lowest BCUT2D eigenvalue weighted by Gasteiger charge is -2.16. The molecule has 2 aliphatic heterocycles. The van der Waals surface area contributed by atoms with E-state index in [-0.39, 0.29) is 24.9 Å². The van der Waals surface area contributed by atoms with Gasteiger partial charge in [0.05, 0.1) is 19.3 Å². The molecule has 7 heteroatoms. The van der Waals surface area contributed by atoms with E-state index in [4.69, 9.17) is 9.47 Å². The number of fused-ring (bicyclic) bond motifs is 1. The van der Waals surface area contributed by atoms with E-state index in [1.54, 1.807) is 0 Å². The molecule has 0 aliphatic carbocycles. The maximum absolute atomic E-state index is 10.2. The van der Waals surface area contributed by atoms with Crippen molar-refractivity contribution in [2.24, 2.45) is 0 Å². The van der Waals surface area contributed by atoms with Crippen molar-refractivity contribution in [3.05, 3.63) is 10.1 Å². The second-order valence-corrected chi connectivity index (χ2v) is 3.63. The maximum atomic E-state index is 10.2. The molecule has 2 saturated heterocycles. The molecule has 0 unspecified atom stereocenters. The lowest BCUT2D eigenvalue weighted by atomic mass is 10.1. The fraction of sp³-hybridized carbons (Fsp3) is 1.00. The minimum absolute atomic E-state index is 0.111. The van der Waals surface area contributed by atoms with Crippen LogP contribution in [0.25, 0.3) is 0 Å². The molecular weight excluding hydrogens is 204 g/mol. The molecule has 7 nitrogen and oxygen atoms in total. The van der Waals surface area contributed by atoms with Gasteiger partial charge >= 0.3 is 0 Å². The largest absolute Gasteiger partial charge is 0.371 e. The van der Waals surface area contributed by atoms with Crippen LogP contribution in [-0.4, -0.2) is 49.2 Å². The van der Waals surface area contributed by atoms with Gasteiger partial charge in [-0.15, -0.1) is 10.1 Å². The summed E-state index contributed by atoms with van der Waals surface area (Å²) in [6.07, 6.45) is -1.04. The quantitative estimate of drug-likeness (QED) is 0.498. The van der Waals surface area contributed by atoms with Crippen LogP contribution < -0.4 is 5.32 Å². The van der Waals surface area contributed by atoms with Crippen LogP contribution in [0.3, 0.4) is 0 Å². The Bertz CT molecular complexity index is 249. The topological polar surface area (TPSA) is 82.9 Å². The van der Waals surface area contributed by atoms with Gasteiger partial charge in [0.25, 0.3) is 5.09 Å². The number of rotatable bonds is 4. The number of ether oxygens (including phenoxy) is 2. The molecule has 4 atom stereocenters. The highest BCUT2D eigenvalue weighted by Crippen LogP contribution is 2.28. The summed E-state index contributed by atoms with van der Waals surface area (Å²) in [6.45, 7) is 3.55. The van der Waals surface area contributed by atoms with Gasteiger partial charge in [0.1, 0.15) is 12.2 Å². The van der Waals surface area contributed by atoms with E-state index in [0.717, 1.165) is 6.54 Å². The summed E-state index contributed by atoms with van der Waals surface area (Å²) in [5, 5.41) is 12.6. The third-order valence-electron chi connectivity index (χ3n) is 2.70. The molecule has 0 bridgehead atoms. The van der Waals surface area contributed by atoms with Crippen molar-refractivity contribution >= 4 is 0 Å². The predicted octanol–water partition coefficient (Wildman–Crippen LogP) is -0.661. The Kier molecular flexibility index (Phi) is 3.03. The summed E-state index contributed by atoms with van der Waals surface area (Å²) in [5.74, 6) is 0. The average molecular weight is 218 g/mol. The molecule has 0 radical (unpaired) electrons. The molecule has 2 aliphatic rings. The smallest absolute Gasteiger partial charge is 0.294 e. The summed E-state index contributed by atoms with van der Waals surface area (Å²) in [7, 11) is 0. The molecule has 0 amide bonds. The average Bonchev–Trinajstić information content (AvgIpc) is 2.71. The van der Waals surface area contributed by atoms with Crippen molar-refractivity contribution in [2.45, 2.75) is 31.3 Å². The lowest BCUT2D eigenvalue weighted by molar-refractivity contribution is -0.769. The Morgan fingerprint density at radius 3 is 2.87 bits per heavy atom. The SMILES string of the molecule is CCN[C@H]1CO[C@H]2[C@@H]1OC[C@H]2O[N+](=O)[O-]. The van der Waals surface area contributed by atoms with E-state index in [0.29, 0.717) is 6.61 Å². The van der Waals surface area contributed by atoms with Gasteiger partial charge in [0.2, 0.25) is 0 Å². The summed E-state index contributed by atoms with van der Waals surface area (Å²) in [5.41, 5.74) is 0. The van der Waals surface area contributed by atoms with Gasteiger partial charge in [0, 0.05) is 0 Å². The third kappa shape index (κ3) is 2.04. The molecule has 2 fully saturated rings. The van der Waals surface area contributed by atoms with Gasteiger partial charge in [0.15, 0.2) is 6.10 Å². The Balaban J connectivity index is 1.93. The molecule has 0 aromatic rings. The summed E-state index contributed by atoms with van der Waals surface area (Å²) >= 11 is 0. The zero-order chi connectivity index (χ0) is 10.8. The molecular formula is C8H14N2O5. The van der Waals surface area contributed by atoms with E-state index >= 15 is 0 Å². The highest BCUT2D eigenvalue weighted by molar-refractivity contribution is 4.97. The number of hydrogen-bond donors (Lipinski definition) is 1. The first-order valence-electron chi connectivity index (χ1n) is 5.00. The first-order valence-corrected chi connectivity index (χ1v) is 5.00. The molecule has 0 aromatic heterocycles. The highest BCUT2D eigenvalue weighted by atomic mass is 17.0. The molecule has 0 aromatic carbocycles. The normalized spacial score (nSPS) is 39.0. The van der Waals surface area contributed by atoms with Crippen LogP contribution in [0.2, 0.25) is 0 Å². The van der Waals surface area contributed by atoms with Crippen LogP contribution in [0.5, 0.6) is 0 Å². The fourth-order valence-corrected chi connectivity index (χ4v) is 2.10. The number of hydrogen-bond acceptors (Lipinski definition) is 6. The Hall–Kier alpha value is -0.920. The first kappa shape index (κ1) is 10.6. The zero-order valence-electron chi connectivity index (χ0n) is 8.42. The second kappa shape index (κ2) is 4.30. The van der Waals surface area contributed by atoms with Crippen LogP contribution in [0.1, 0.15) is 6.92 Å². The number of nitrogens with zero attached hydrogens (tertiary/aromatic N) is 1. The van der Waals surface area contributed by atoms with Crippen LogP contribution in [0.15, 0.2) is 0 Å².